The highest BCUT2D eigenvalue weighted by Gasteiger charge is 2.15. The Labute approximate surface area is 122 Å². The van der Waals surface area contributed by atoms with E-state index in [1.807, 2.05) is 18.2 Å². The van der Waals surface area contributed by atoms with Gasteiger partial charge in [0.05, 0.1) is 19.3 Å². The van der Waals surface area contributed by atoms with E-state index in [0.29, 0.717) is 31.1 Å². The van der Waals surface area contributed by atoms with Crippen LogP contribution in [0, 0.1) is 5.82 Å². The van der Waals surface area contributed by atoms with E-state index in [1.165, 1.54) is 12.1 Å². The second-order valence-electron chi connectivity index (χ2n) is 5.10. The molecule has 0 radical (unpaired) electrons. The van der Waals surface area contributed by atoms with Gasteiger partial charge in [-0.05, 0) is 35.4 Å². The number of fused-ring (bicyclic) bond motifs is 1. The molecule has 2 aromatic carbocycles. The highest BCUT2D eigenvalue weighted by atomic mass is 19.1. The van der Waals surface area contributed by atoms with Crippen molar-refractivity contribution in [3.63, 3.8) is 0 Å². The third-order valence-electron chi connectivity index (χ3n) is 3.50. The second-order valence-corrected chi connectivity index (χ2v) is 5.10. The first-order valence-electron chi connectivity index (χ1n) is 7.04. The Morgan fingerprint density at radius 2 is 1.71 bits per heavy atom. The second kappa shape index (κ2) is 6.14. The minimum absolute atomic E-state index is 0.274. The van der Waals surface area contributed by atoms with E-state index in [1.54, 1.807) is 12.1 Å². The molecule has 0 saturated heterocycles. The molecule has 4 heteroatoms. The predicted octanol–water partition coefficient (Wildman–Crippen LogP) is 3.26. The van der Waals surface area contributed by atoms with Crippen LogP contribution in [0.4, 0.5) is 4.39 Å². The monoisotopic (exact) mass is 288 g/mol. The molecule has 1 heterocycles. The molecule has 0 aliphatic carbocycles. The number of benzene rings is 2. The third-order valence-corrected chi connectivity index (χ3v) is 3.50. The maximum atomic E-state index is 12.9. The van der Waals surface area contributed by atoms with Crippen LogP contribution in [0.25, 0.3) is 0 Å². The number of rotatable bonds is 3. The first-order valence-corrected chi connectivity index (χ1v) is 7.04. The Balaban J connectivity index is 1.76. The normalized spacial score (nSPS) is 15.3. The van der Waals surface area contributed by atoms with Gasteiger partial charge in [-0.3, -0.25) is 0 Å². The Bertz CT molecular complexity index is 610. The van der Waals surface area contributed by atoms with Gasteiger partial charge in [-0.15, -0.1) is 0 Å². The molecule has 0 spiro atoms. The van der Waals surface area contributed by atoms with E-state index in [-0.39, 0.29) is 5.82 Å². The molecule has 21 heavy (non-hydrogen) atoms. The van der Waals surface area contributed by atoms with E-state index < -0.39 is 6.10 Å². The Hall–Kier alpha value is -2.07. The van der Waals surface area contributed by atoms with Gasteiger partial charge in [0.1, 0.15) is 5.82 Å². The lowest BCUT2D eigenvalue weighted by molar-refractivity contribution is 0.177. The molecule has 0 bridgehead atoms. The third kappa shape index (κ3) is 3.34. The largest absolute Gasteiger partial charge is 0.490 e. The van der Waals surface area contributed by atoms with Crippen LogP contribution in [-0.4, -0.2) is 18.3 Å². The van der Waals surface area contributed by atoms with Gasteiger partial charge in [0, 0.05) is 12.8 Å². The summed E-state index contributed by atoms with van der Waals surface area (Å²) in [5, 5.41) is 10.3. The smallest absolute Gasteiger partial charge is 0.161 e. The summed E-state index contributed by atoms with van der Waals surface area (Å²) >= 11 is 0. The first kappa shape index (κ1) is 13.9. The molecule has 0 aromatic heterocycles. The van der Waals surface area contributed by atoms with Crippen LogP contribution in [0.15, 0.2) is 42.5 Å². The van der Waals surface area contributed by atoms with E-state index in [9.17, 15) is 9.50 Å². The van der Waals surface area contributed by atoms with Gasteiger partial charge in [0.25, 0.3) is 0 Å². The molecular weight excluding hydrogens is 271 g/mol. The number of ether oxygens (including phenoxy) is 2. The topological polar surface area (TPSA) is 38.7 Å². The van der Waals surface area contributed by atoms with Gasteiger partial charge < -0.3 is 14.6 Å². The summed E-state index contributed by atoms with van der Waals surface area (Å²) in [5.41, 5.74) is 1.65. The highest BCUT2D eigenvalue weighted by molar-refractivity contribution is 5.44. The standard InChI is InChI=1S/C17H17FO3/c18-14-5-2-12(3-6-14)10-15(19)13-4-7-16-17(11-13)21-9-1-8-20-16/h2-7,11,15,19H,1,8-10H2. The Morgan fingerprint density at radius 3 is 2.48 bits per heavy atom. The van der Waals surface area contributed by atoms with Crippen LogP contribution in [0.1, 0.15) is 23.7 Å². The highest BCUT2D eigenvalue weighted by Crippen LogP contribution is 2.33. The number of hydrogen-bond donors (Lipinski definition) is 1. The minimum atomic E-state index is -0.660. The van der Waals surface area contributed by atoms with Crippen molar-refractivity contribution in [2.45, 2.75) is 18.9 Å². The van der Waals surface area contributed by atoms with Crippen LogP contribution < -0.4 is 9.47 Å². The fourth-order valence-corrected chi connectivity index (χ4v) is 2.35. The maximum absolute atomic E-state index is 12.9. The quantitative estimate of drug-likeness (QED) is 0.942. The molecule has 1 aliphatic heterocycles. The molecule has 0 saturated carbocycles. The zero-order valence-corrected chi connectivity index (χ0v) is 11.6. The summed E-state index contributed by atoms with van der Waals surface area (Å²) in [7, 11) is 0. The molecule has 1 aliphatic rings. The number of aliphatic hydroxyl groups excluding tert-OH is 1. The van der Waals surface area contributed by atoms with Crippen molar-refractivity contribution in [3.05, 3.63) is 59.4 Å². The summed E-state index contributed by atoms with van der Waals surface area (Å²) < 4.78 is 24.1. The van der Waals surface area contributed by atoms with Crippen LogP contribution in [0.3, 0.4) is 0 Å². The average Bonchev–Trinajstić information content (AvgIpc) is 2.74. The summed E-state index contributed by atoms with van der Waals surface area (Å²) in [6.07, 6.45) is 0.620. The molecule has 2 aromatic rings. The lowest BCUT2D eigenvalue weighted by Gasteiger charge is -2.14. The molecule has 3 nitrogen and oxygen atoms in total. The molecule has 1 atom stereocenters. The van der Waals surface area contributed by atoms with Crippen molar-refractivity contribution in [1.82, 2.24) is 0 Å². The fraction of sp³-hybridized carbons (Fsp3) is 0.294. The molecule has 0 fully saturated rings. The van der Waals surface area contributed by atoms with Crippen LogP contribution >= 0.6 is 0 Å². The van der Waals surface area contributed by atoms with E-state index >= 15 is 0 Å². The molecule has 1 unspecified atom stereocenters. The molecule has 110 valence electrons. The zero-order valence-electron chi connectivity index (χ0n) is 11.6. The van der Waals surface area contributed by atoms with Gasteiger partial charge in [-0.1, -0.05) is 18.2 Å². The average molecular weight is 288 g/mol. The summed E-state index contributed by atoms with van der Waals surface area (Å²) in [6, 6.07) is 11.6. The first-order chi connectivity index (χ1) is 10.2. The SMILES string of the molecule is OC(Cc1ccc(F)cc1)c1ccc2c(c1)OCCCO2. The number of hydrogen-bond acceptors (Lipinski definition) is 3. The number of aliphatic hydroxyl groups is 1. The van der Waals surface area contributed by atoms with Crippen LogP contribution in [-0.2, 0) is 6.42 Å². The maximum Gasteiger partial charge on any atom is 0.161 e. The molecule has 1 N–H and O–H groups in total. The Morgan fingerprint density at radius 1 is 1.00 bits per heavy atom. The van der Waals surface area contributed by atoms with Gasteiger partial charge in [-0.25, -0.2) is 4.39 Å². The van der Waals surface area contributed by atoms with Crippen LogP contribution in [0.2, 0.25) is 0 Å². The molecule has 0 amide bonds. The van der Waals surface area contributed by atoms with Crippen molar-refractivity contribution < 1.29 is 19.0 Å². The summed E-state index contributed by atoms with van der Waals surface area (Å²) in [6.45, 7) is 1.26. The van der Waals surface area contributed by atoms with E-state index in [4.69, 9.17) is 9.47 Å². The van der Waals surface area contributed by atoms with E-state index in [0.717, 1.165) is 17.5 Å². The summed E-state index contributed by atoms with van der Waals surface area (Å²) in [4.78, 5) is 0. The Kier molecular flexibility index (Phi) is 4.06. The van der Waals surface area contributed by atoms with E-state index in [2.05, 4.69) is 0 Å². The van der Waals surface area contributed by atoms with Gasteiger partial charge in [0.2, 0.25) is 0 Å². The number of halogens is 1. The lowest BCUT2D eigenvalue weighted by Crippen LogP contribution is -2.03. The zero-order chi connectivity index (χ0) is 14.7. The minimum Gasteiger partial charge on any atom is -0.490 e. The van der Waals surface area contributed by atoms with Crippen molar-refractivity contribution >= 4 is 0 Å². The molecule has 3 rings (SSSR count). The van der Waals surface area contributed by atoms with Crippen molar-refractivity contribution in [1.29, 1.82) is 0 Å². The predicted molar refractivity (Wildman–Crippen MR) is 77.1 cm³/mol. The van der Waals surface area contributed by atoms with Crippen molar-refractivity contribution in [2.24, 2.45) is 0 Å². The van der Waals surface area contributed by atoms with Gasteiger partial charge in [0.15, 0.2) is 11.5 Å². The van der Waals surface area contributed by atoms with Gasteiger partial charge in [-0.2, -0.15) is 0 Å². The lowest BCUT2D eigenvalue weighted by atomic mass is 10.0. The molecular formula is C17H17FO3. The fourth-order valence-electron chi connectivity index (χ4n) is 2.35. The van der Waals surface area contributed by atoms with Crippen molar-refractivity contribution in [3.8, 4) is 11.5 Å². The summed E-state index contributed by atoms with van der Waals surface area (Å²) in [5.74, 6) is 1.11. The van der Waals surface area contributed by atoms with Crippen LogP contribution in [0.5, 0.6) is 11.5 Å². The van der Waals surface area contributed by atoms with Crippen molar-refractivity contribution in [2.75, 3.05) is 13.2 Å². The van der Waals surface area contributed by atoms with Gasteiger partial charge >= 0.3 is 0 Å².